The topological polar surface area (TPSA) is 149 Å². The third kappa shape index (κ3) is 46.5. The van der Waals surface area contributed by atoms with Gasteiger partial charge in [0.2, 0.25) is 0 Å². The Hall–Kier alpha value is -0.400. The molecule has 19 heavy (non-hydrogen) atoms. The van der Waals surface area contributed by atoms with Crippen LogP contribution >= 0.6 is 0 Å². The molecule has 0 aliphatic rings. The summed E-state index contributed by atoms with van der Waals surface area (Å²) >= 11 is 0. The first-order valence-electron chi connectivity index (χ1n) is 4.78. The molecule has 12 heteroatoms. The van der Waals surface area contributed by atoms with E-state index >= 15 is 0 Å². The van der Waals surface area contributed by atoms with Gasteiger partial charge in [0.1, 0.15) is 24.9 Å². The minimum Gasteiger partial charge on any atom is -0.396 e. The monoisotopic (exact) mass is 332 g/mol. The van der Waals surface area contributed by atoms with E-state index in [-0.39, 0.29) is 13.2 Å². The van der Waals surface area contributed by atoms with Gasteiger partial charge < -0.3 is 10.2 Å². The fourth-order valence-corrected chi connectivity index (χ4v) is 0.656. The maximum atomic E-state index is 10.9. The molecule has 0 atom stereocenters. The zero-order chi connectivity index (χ0) is 15.9. The van der Waals surface area contributed by atoms with Crippen molar-refractivity contribution in [2.75, 3.05) is 38.1 Å². The molecule has 0 aromatic carbocycles. The summed E-state index contributed by atoms with van der Waals surface area (Å²) in [7, 11) is -8.10. The zero-order valence-electron chi connectivity index (χ0n) is 9.94. The zero-order valence-corrected chi connectivity index (χ0v) is 11.6. The van der Waals surface area contributed by atoms with Crippen molar-refractivity contribution >= 4 is 20.2 Å². The summed E-state index contributed by atoms with van der Waals surface area (Å²) in [5.41, 5.74) is 0. The Morgan fingerprint density at radius 1 is 0.737 bits per heavy atom. The number of hydrogen-bond donors (Lipinski definition) is 4. The summed E-state index contributed by atoms with van der Waals surface area (Å²) < 4.78 is 75.6. The highest BCUT2D eigenvalue weighted by molar-refractivity contribution is 7.86. The molecule has 0 saturated heterocycles. The van der Waals surface area contributed by atoms with Gasteiger partial charge in [0.25, 0.3) is 20.2 Å². The predicted octanol–water partition coefficient (Wildman–Crippen LogP) is -0.951. The standard InChI is InChI=1S/C3H8O2.2C2H5FO3S/c4-2-1-3-5;2*3-1-2-7(4,5)6/h4-5H,1-3H2;2*1-2H2,(H,4,5,6). The highest BCUT2D eigenvalue weighted by atomic mass is 32.2. The molecular weight excluding hydrogens is 314 g/mol. The molecule has 0 rings (SSSR count). The Balaban J connectivity index is -0.000000206. The fraction of sp³-hybridized carbons (Fsp3) is 1.00. The molecule has 0 aliphatic heterocycles. The first-order valence-corrected chi connectivity index (χ1v) is 7.99. The highest BCUT2D eigenvalue weighted by Crippen LogP contribution is 1.80. The van der Waals surface area contributed by atoms with Gasteiger partial charge in [-0.3, -0.25) is 9.11 Å². The van der Waals surface area contributed by atoms with E-state index in [2.05, 4.69) is 0 Å². The molecule has 0 fully saturated rings. The average molecular weight is 332 g/mol. The Bertz CT molecular complexity index is 331. The fourth-order valence-electron chi connectivity index (χ4n) is 0.266. The first-order chi connectivity index (χ1) is 8.54. The smallest absolute Gasteiger partial charge is 0.267 e. The molecule has 0 heterocycles. The summed E-state index contributed by atoms with van der Waals surface area (Å²) in [6, 6.07) is 0. The summed E-state index contributed by atoms with van der Waals surface area (Å²) in [6.07, 6.45) is 0.500. The third-order valence-electron chi connectivity index (χ3n) is 0.986. The van der Waals surface area contributed by atoms with Crippen molar-refractivity contribution in [2.24, 2.45) is 0 Å². The van der Waals surface area contributed by atoms with Crippen molar-refractivity contribution in [2.45, 2.75) is 6.42 Å². The van der Waals surface area contributed by atoms with Crippen LogP contribution in [0.3, 0.4) is 0 Å². The molecule has 0 aromatic rings. The van der Waals surface area contributed by atoms with Gasteiger partial charge in [-0.05, 0) is 6.42 Å². The lowest BCUT2D eigenvalue weighted by molar-refractivity contribution is 0.221. The van der Waals surface area contributed by atoms with Crippen LogP contribution in [0.4, 0.5) is 8.78 Å². The number of rotatable bonds is 6. The molecule has 120 valence electrons. The second kappa shape index (κ2) is 14.0. The van der Waals surface area contributed by atoms with Gasteiger partial charge in [0.05, 0.1) is 0 Å². The van der Waals surface area contributed by atoms with Gasteiger partial charge in [-0.1, -0.05) is 0 Å². The van der Waals surface area contributed by atoms with E-state index in [0.717, 1.165) is 0 Å². The van der Waals surface area contributed by atoms with E-state index in [4.69, 9.17) is 19.3 Å². The number of aliphatic hydroxyl groups is 2. The van der Waals surface area contributed by atoms with Crippen molar-refractivity contribution in [1.29, 1.82) is 0 Å². The van der Waals surface area contributed by atoms with Crippen molar-refractivity contribution in [3.05, 3.63) is 0 Å². The minimum atomic E-state index is -4.05. The van der Waals surface area contributed by atoms with Gasteiger partial charge in [-0.2, -0.15) is 16.8 Å². The van der Waals surface area contributed by atoms with Crippen LogP contribution in [0, 0.1) is 0 Å². The lowest BCUT2D eigenvalue weighted by Crippen LogP contribution is -2.04. The van der Waals surface area contributed by atoms with E-state index in [1.165, 1.54) is 0 Å². The summed E-state index contributed by atoms with van der Waals surface area (Å²) in [6.45, 7) is -1.87. The van der Waals surface area contributed by atoms with Crippen LogP contribution in [-0.2, 0) is 20.2 Å². The predicted molar refractivity (Wildman–Crippen MR) is 63.6 cm³/mol. The van der Waals surface area contributed by atoms with E-state index in [1.54, 1.807) is 0 Å². The molecule has 0 aliphatic carbocycles. The number of halogens is 2. The Morgan fingerprint density at radius 3 is 1.00 bits per heavy atom. The second-order valence-electron chi connectivity index (χ2n) is 2.75. The van der Waals surface area contributed by atoms with Crippen LogP contribution in [0.5, 0.6) is 0 Å². The summed E-state index contributed by atoms with van der Waals surface area (Å²) in [5, 5.41) is 15.8. The second-order valence-corrected chi connectivity index (χ2v) is 5.89. The quantitative estimate of drug-likeness (QED) is 0.455. The molecular formula is C7H18F2O8S2. The van der Waals surface area contributed by atoms with Crippen molar-refractivity contribution in [3.63, 3.8) is 0 Å². The van der Waals surface area contributed by atoms with Gasteiger partial charge in [0.15, 0.2) is 0 Å². The first kappa shape index (κ1) is 23.7. The van der Waals surface area contributed by atoms with Crippen LogP contribution in [0.25, 0.3) is 0 Å². The number of aliphatic hydroxyl groups excluding tert-OH is 2. The summed E-state index contributed by atoms with van der Waals surface area (Å²) in [5.74, 6) is -1.60. The molecule has 0 aromatic heterocycles. The molecule has 0 radical (unpaired) electrons. The lowest BCUT2D eigenvalue weighted by atomic mass is 10.5. The van der Waals surface area contributed by atoms with Crippen molar-refractivity contribution in [3.8, 4) is 0 Å². The van der Waals surface area contributed by atoms with E-state index in [1.807, 2.05) is 0 Å². The Labute approximate surface area is 110 Å². The molecule has 0 bridgehead atoms. The summed E-state index contributed by atoms with van der Waals surface area (Å²) in [4.78, 5) is 0. The highest BCUT2D eigenvalue weighted by Gasteiger charge is 2.00. The van der Waals surface area contributed by atoms with Gasteiger partial charge in [-0.15, -0.1) is 0 Å². The Morgan fingerprint density at radius 2 is 1.00 bits per heavy atom. The minimum absolute atomic E-state index is 0.0938. The molecule has 4 N–H and O–H groups in total. The maximum Gasteiger partial charge on any atom is 0.267 e. The van der Waals surface area contributed by atoms with Crippen LogP contribution in [-0.4, -0.2) is 74.2 Å². The SMILES string of the molecule is O=S(=O)(O)CCF.O=S(=O)(O)CCF.OCCCO. The van der Waals surface area contributed by atoms with E-state index in [0.29, 0.717) is 6.42 Å². The molecule has 0 amide bonds. The van der Waals surface area contributed by atoms with Crippen molar-refractivity contribution in [1.82, 2.24) is 0 Å². The van der Waals surface area contributed by atoms with Gasteiger partial charge in [0, 0.05) is 13.2 Å². The van der Waals surface area contributed by atoms with Crippen molar-refractivity contribution < 1.29 is 44.9 Å². The normalized spacial score (nSPS) is 10.8. The van der Waals surface area contributed by atoms with Gasteiger partial charge >= 0.3 is 0 Å². The molecule has 0 unspecified atom stereocenters. The van der Waals surface area contributed by atoms with Crippen LogP contribution < -0.4 is 0 Å². The van der Waals surface area contributed by atoms with Crippen LogP contribution in [0.1, 0.15) is 6.42 Å². The molecule has 0 saturated carbocycles. The molecule has 0 spiro atoms. The lowest BCUT2D eigenvalue weighted by Gasteiger charge is -1.84. The Kier molecular flexibility index (Phi) is 17.5. The van der Waals surface area contributed by atoms with E-state index < -0.39 is 45.1 Å². The molecule has 8 nitrogen and oxygen atoms in total. The number of alkyl halides is 2. The third-order valence-corrected chi connectivity index (χ3v) is 2.33. The number of hydrogen-bond acceptors (Lipinski definition) is 6. The van der Waals surface area contributed by atoms with Crippen LogP contribution in [0.15, 0.2) is 0 Å². The van der Waals surface area contributed by atoms with E-state index in [9.17, 15) is 25.6 Å². The van der Waals surface area contributed by atoms with Gasteiger partial charge in [-0.25, -0.2) is 8.78 Å². The van der Waals surface area contributed by atoms with Crippen LogP contribution in [0.2, 0.25) is 0 Å². The average Bonchev–Trinajstić information content (AvgIpc) is 2.16. The maximum absolute atomic E-state index is 10.9. The largest absolute Gasteiger partial charge is 0.396 e.